The van der Waals surface area contributed by atoms with Gasteiger partial charge in [-0.3, -0.25) is 0 Å². The van der Waals surface area contributed by atoms with Gasteiger partial charge in [0.2, 0.25) is 0 Å². The standard InChI is InChI=1S/C18H20ClN3O2/c1-12-16(10-20-11-17(23)18-4-3-9-24-18)13(2)22(21-12)15-7-5-14(19)6-8-15/h3-9,17,20,23H,10-11H2,1-2H3. The Morgan fingerprint density at radius 2 is 2.00 bits per heavy atom. The minimum Gasteiger partial charge on any atom is -0.467 e. The van der Waals surface area contributed by atoms with Crippen molar-refractivity contribution in [3.8, 4) is 5.69 Å². The molecule has 3 rings (SSSR count). The molecule has 24 heavy (non-hydrogen) atoms. The van der Waals surface area contributed by atoms with E-state index in [0.29, 0.717) is 23.9 Å². The van der Waals surface area contributed by atoms with Crippen LogP contribution in [0.2, 0.25) is 5.02 Å². The molecule has 0 amide bonds. The second-order valence-corrected chi connectivity index (χ2v) is 6.14. The number of benzene rings is 1. The minimum atomic E-state index is -0.660. The summed E-state index contributed by atoms with van der Waals surface area (Å²) < 4.78 is 7.11. The van der Waals surface area contributed by atoms with E-state index in [4.69, 9.17) is 16.0 Å². The highest BCUT2D eigenvalue weighted by Crippen LogP contribution is 2.20. The van der Waals surface area contributed by atoms with Crippen LogP contribution in [0, 0.1) is 13.8 Å². The SMILES string of the molecule is Cc1nn(-c2ccc(Cl)cc2)c(C)c1CNCC(O)c1ccco1. The molecule has 0 bridgehead atoms. The number of aryl methyl sites for hydroxylation is 1. The predicted molar refractivity (Wildman–Crippen MR) is 93.4 cm³/mol. The molecule has 0 aliphatic carbocycles. The molecule has 0 fully saturated rings. The van der Waals surface area contributed by atoms with Crippen molar-refractivity contribution in [2.75, 3.05) is 6.54 Å². The zero-order chi connectivity index (χ0) is 17.1. The van der Waals surface area contributed by atoms with Crippen LogP contribution >= 0.6 is 11.6 Å². The van der Waals surface area contributed by atoms with Gasteiger partial charge in [-0.2, -0.15) is 5.10 Å². The first-order chi connectivity index (χ1) is 11.6. The summed E-state index contributed by atoms with van der Waals surface area (Å²) in [7, 11) is 0. The Labute approximate surface area is 145 Å². The van der Waals surface area contributed by atoms with Crippen molar-refractivity contribution in [1.29, 1.82) is 0 Å². The first kappa shape index (κ1) is 16.8. The molecule has 1 aromatic carbocycles. The first-order valence-corrected chi connectivity index (χ1v) is 8.17. The maximum atomic E-state index is 10.0. The number of aliphatic hydroxyl groups is 1. The molecule has 0 saturated heterocycles. The van der Waals surface area contributed by atoms with Crippen LogP contribution in [0.15, 0.2) is 47.1 Å². The van der Waals surface area contributed by atoms with Gasteiger partial charge < -0.3 is 14.8 Å². The van der Waals surface area contributed by atoms with Gasteiger partial charge in [-0.05, 0) is 50.2 Å². The highest BCUT2D eigenvalue weighted by molar-refractivity contribution is 6.30. The van der Waals surface area contributed by atoms with E-state index in [1.165, 1.54) is 0 Å². The Hall–Kier alpha value is -2.08. The molecule has 0 spiro atoms. The third-order valence-corrected chi connectivity index (χ3v) is 4.28. The number of aliphatic hydroxyl groups excluding tert-OH is 1. The van der Waals surface area contributed by atoms with Crippen molar-refractivity contribution >= 4 is 11.6 Å². The Bertz CT molecular complexity index is 795. The highest BCUT2D eigenvalue weighted by Gasteiger charge is 2.14. The van der Waals surface area contributed by atoms with Crippen LogP contribution in [-0.2, 0) is 6.54 Å². The zero-order valence-electron chi connectivity index (χ0n) is 13.7. The lowest BCUT2D eigenvalue weighted by Gasteiger charge is -2.10. The first-order valence-electron chi connectivity index (χ1n) is 7.79. The minimum absolute atomic E-state index is 0.415. The van der Waals surface area contributed by atoms with Crippen molar-refractivity contribution in [2.45, 2.75) is 26.5 Å². The lowest BCUT2D eigenvalue weighted by molar-refractivity contribution is 0.147. The van der Waals surface area contributed by atoms with E-state index in [2.05, 4.69) is 10.4 Å². The Morgan fingerprint density at radius 3 is 2.67 bits per heavy atom. The van der Waals surface area contributed by atoms with E-state index < -0.39 is 6.10 Å². The quantitative estimate of drug-likeness (QED) is 0.717. The molecule has 0 saturated carbocycles. The van der Waals surface area contributed by atoms with Gasteiger partial charge in [-0.1, -0.05) is 11.6 Å². The van der Waals surface area contributed by atoms with Crippen LogP contribution in [0.5, 0.6) is 0 Å². The highest BCUT2D eigenvalue weighted by atomic mass is 35.5. The van der Waals surface area contributed by atoms with E-state index in [9.17, 15) is 5.11 Å². The van der Waals surface area contributed by atoms with E-state index in [-0.39, 0.29) is 0 Å². The van der Waals surface area contributed by atoms with Gasteiger partial charge in [0.15, 0.2) is 0 Å². The molecule has 1 atom stereocenters. The van der Waals surface area contributed by atoms with Crippen LogP contribution in [0.25, 0.3) is 5.69 Å². The lowest BCUT2D eigenvalue weighted by Crippen LogP contribution is -2.21. The fourth-order valence-corrected chi connectivity index (χ4v) is 2.81. The van der Waals surface area contributed by atoms with Crippen LogP contribution in [0.3, 0.4) is 0 Å². The summed E-state index contributed by atoms with van der Waals surface area (Å²) in [6.45, 7) is 5.06. The molecule has 2 aromatic heterocycles. The molecule has 2 heterocycles. The van der Waals surface area contributed by atoms with E-state index in [1.807, 2.05) is 42.8 Å². The molecular weight excluding hydrogens is 326 g/mol. The summed E-state index contributed by atoms with van der Waals surface area (Å²) in [4.78, 5) is 0. The zero-order valence-corrected chi connectivity index (χ0v) is 14.4. The molecule has 126 valence electrons. The summed E-state index contributed by atoms with van der Waals surface area (Å²) in [6.07, 6.45) is 0.898. The second kappa shape index (κ2) is 7.21. The molecule has 0 radical (unpaired) electrons. The number of halogens is 1. The van der Waals surface area contributed by atoms with Crippen LogP contribution in [-0.4, -0.2) is 21.4 Å². The van der Waals surface area contributed by atoms with Crippen molar-refractivity contribution in [3.05, 3.63) is 70.4 Å². The smallest absolute Gasteiger partial charge is 0.133 e. The van der Waals surface area contributed by atoms with Gasteiger partial charge in [0.25, 0.3) is 0 Å². The van der Waals surface area contributed by atoms with Crippen molar-refractivity contribution in [2.24, 2.45) is 0 Å². The average molecular weight is 346 g/mol. The molecule has 6 heteroatoms. The number of aromatic nitrogens is 2. The third kappa shape index (κ3) is 3.53. The van der Waals surface area contributed by atoms with Gasteiger partial charge in [-0.15, -0.1) is 0 Å². The molecule has 0 aliphatic rings. The Morgan fingerprint density at radius 1 is 1.25 bits per heavy atom. The third-order valence-electron chi connectivity index (χ3n) is 4.02. The fourth-order valence-electron chi connectivity index (χ4n) is 2.68. The number of nitrogens with one attached hydrogen (secondary N) is 1. The van der Waals surface area contributed by atoms with Crippen LogP contribution < -0.4 is 5.32 Å². The molecule has 1 unspecified atom stereocenters. The van der Waals surface area contributed by atoms with Crippen molar-refractivity contribution in [3.63, 3.8) is 0 Å². The number of hydrogen-bond acceptors (Lipinski definition) is 4. The van der Waals surface area contributed by atoms with Crippen molar-refractivity contribution in [1.82, 2.24) is 15.1 Å². The van der Waals surface area contributed by atoms with Gasteiger partial charge in [0.1, 0.15) is 11.9 Å². The normalized spacial score (nSPS) is 12.5. The van der Waals surface area contributed by atoms with Gasteiger partial charge in [0.05, 0.1) is 17.6 Å². The van der Waals surface area contributed by atoms with E-state index in [0.717, 1.165) is 22.6 Å². The molecule has 5 nitrogen and oxygen atoms in total. The Balaban J connectivity index is 1.69. The maximum Gasteiger partial charge on any atom is 0.133 e. The molecular formula is C18H20ClN3O2. The maximum absolute atomic E-state index is 10.0. The molecule has 0 aliphatic heterocycles. The van der Waals surface area contributed by atoms with Gasteiger partial charge >= 0.3 is 0 Å². The van der Waals surface area contributed by atoms with Gasteiger partial charge in [0, 0.05) is 29.4 Å². The topological polar surface area (TPSA) is 63.2 Å². The predicted octanol–water partition coefficient (Wildman–Crippen LogP) is 3.56. The largest absolute Gasteiger partial charge is 0.467 e. The molecule has 2 N–H and O–H groups in total. The van der Waals surface area contributed by atoms with Crippen LogP contribution in [0.4, 0.5) is 0 Å². The number of furan rings is 1. The van der Waals surface area contributed by atoms with E-state index in [1.54, 1.807) is 18.4 Å². The number of rotatable bonds is 6. The van der Waals surface area contributed by atoms with Gasteiger partial charge in [-0.25, -0.2) is 4.68 Å². The number of hydrogen-bond donors (Lipinski definition) is 2. The molecule has 3 aromatic rings. The average Bonchev–Trinajstić information content (AvgIpc) is 3.19. The fraction of sp³-hybridized carbons (Fsp3) is 0.278. The monoisotopic (exact) mass is 345 g/mol. The summed E-state index contributed by atoms with van der Waals surface area (Å²) in [5.74, 6) is 0.563. The lowest BCUT2D eigenvalue weighted by atomic mass is 10.2. The summed E-state index contributed by atoms with van der Waals surface area (Å²) in [5.41, 5.74) is 4.12. The van der Waals surface area contributed by atoms with Crippen molar-refractivity contribution < 1.29 is 9.52 Å². The summed E-state index contributed by atoms with van der Waals surface area (Å²) in [6, 6.07) is 11.1. The van der Waals surface area contributed by atoms with Crippen LogP contribution in [0.1, 0.15) is 28.8 Å². The van der Waals surface area contributed by atoms with E-state index >= 15 is 0 Å². The Kier molecular flexibility index (Phi) is 5.04. The summed E-state index contributed by atoms with van der Waals surface area (Å²) >= 11 is 5.94. The number of nitrogens with zero attached hydrogens (tertiary/aromatic N) is 2. The second-order valence-electron chi connectivity index (χ2n) is 5.70. The summed E-state index contributed by atoms with van der Waals surface area (Å²) in [5, 5.41) is 18.6.